The third kappa shape index (κ3) is 13.8. The van der Waals surface area contributed by atoms with E-state index in [2.05, 4.69) is 15.0 Å². The van der Waals surface area contributed by atoms with Gasteiger partial charge in [-0.3, -0.25) is 13.6 Å². The van der Waals surface area contributed by atoms with Gasteiger partial charge in [-0.1, -0.05) is 0 Å². The molecule has 0 spiro atoms. The van der Waals surface area contributed by atoms with Crippen molar-refractivity contribution >= 4 is 48.8 Å². The maximum absolute atomic E-state index is 13.1. The Kier molecular flexibility index (Phi) is 14.9. The number of hydrogen-bond donors (Lipinski definition) is 3. The number of anilines is 1. The molecule has 0 saturated heterocycles. The Labute approximate surface area is 239 Å². The third-order valence-corrected chi connectivity index (χ3v) is 5.79. The number of aromatic nitrogens is 4. The standard InChI is InChI=1S/C18H29N6O9P.C4H4O4/c1-12(2)33-18(26)29-10-32-34(27,31-9-28-17(25)23(4)5)11-30-13(3)6-24-8-22-14-15(19)20-7-21-16(14)24;5-3(6)1-2-4(7)8/h7-8,12-13H,6,9-11H2,1-5H3,(H2,19,20,21);1-2H,(H,5,6)(H,7,8)/b;2-1+/t13-,34?;/m1./s1. The van der Waals surface area contributed by atoms with Crippen LogP contribution in [0.25, 0.3) is 11.2 Å². The van der Waals surface area contributed by atoms with Crippen LogP contribution in [0.4, 0.5) is 15.4 Å². The van der Waals surface area contributed by atoms with E-state index in [4.69, 9.17) is 43.9 Å². The van der Waals surface area contributed by atoms with E-state index in [-0.39, 0.29) is 12.4 Å². The summed E-state index contributed by atoms with van der Waals surface area (Å²) in [7, 11) is -1.08. The van der Waals surface area contributed by atoms with Crippen LogP contribution in [-0.2, 0) is 48.7 Å². The number of nitrogen functional groups attached to an aromatic ring is 1. The van der Waals surface area contributed by atoms with Crippen molar-refractivity contribution in [3.63, 3.8) is 0 Å². The number of hydrogen-bond acceptors (Lipinski definition) is 15. The van der Waals surface area contributed by atoms with Crippen LogP contribution in [0.1, 0.15) is 20.8 Å². The molecular weight excluding hydrogens is 587 g/mol. The minimum atomic E-state index is -4.02. The highest BCUT2D eigenvalue weighted by atomic mass is 31.2. The second kappa shape index (κ2) is 17.5. The van der Waals surface area contributed by atoms with Gasteiger partial charge in [-0.05, 0) is 20.8 Å². The molecule has 0 aliphatic carbocycles. The van der Waals surface area contributed by atoms with Gasteiger partial charge in [0.2, 0.25) is 13.6 Å². The number of ether oxygens (including phenoxy) is 4. The van der Waals surface area contributed by atoms with Crippen LogP contribution in [0.5, 0.6) is 0 Å². The van der Waals surface area contributed by atoms with E-state index >= 15 is 0 Å². The van der Waals surface area contributed by atoms with Crippen molar-refractivity contribution in [1.82, 2.24) is 24.4 Å². The zero-order valence-corrected chi connectivity index (χ0v) is 24.3. The van der Waals surface area contributed by atoms with Gasteiger partial charge in [0.15, 0.2) is 11.5 Å². The number of fused-ring (bicyclic) bond motifs is 1. The monoisotopic (exact) mass is 620 g/mol. The van der Waals surface area contributed by atoms with E-state index in [9.17, 15) is 23.7 Å². The lowest BCUT2D eigenvalue weighted by molar-refractivity contribution is -0.134. The van der Waals surface area contributed by atoms with Crippen LogP contribution < -0.4 is 5.73 Å². The molecule has 1 amide bonds. The highest BCUT2D eigenvalue weighted by Crippen LogP contribution is 2.48. The molecule has 2 aromatic heterocycles. The molecule has 4 N–H and O–H groups in total. The topological polar surface area (TPSA) is 254 Å². The Balaban J connectivity index is 0.000000962. The van der Waals surface area contributed by atoms with E-state index in [0.717, 1.165) is 4.90 Å². The lowest BCUT2D eigenvalue weighted by atomic mass is 10.4. The van der Waals surface area contributed by atoms with Gasteiger partial charge in [-0.2, -0.15) is 0 Å². The van der Waals surface area contributed by atoms with Crippen molar-refractivity contribution < 1.29 is 62.0 Å². The second-order valence-corrected chi connectivity index (χ2v) is 10.4. The molecule has 0 aromatic carbocycles. The summed E-state index contributed by atoms with van der Waals surface area (Å²) < 4.78 is 45.0. The van der Waals surface area contributed by atoms with Crippen LogP contribution in [-0.4, -0.2) is 105 Å². The number of carbonyl (C=O) groups is 4. The smallest absolute Gasteiger partial charge is 0.478 e. The quantitative estimate of drug-likeness (QED) is 0.118. The summed E-state index contributed by atoms with van der Waals surface area (Å²) in [5.74, 6) is -2.27. The first-order chi connectivity index (χ1) is 19.6. The molecule has 2 aromatic rings. The van der Waals surface area contributed by atoms with Gasteiger partial charge in [0.25, 0.3) is 0 Å². The highest BCUT2D eigenvalue weighted by Gasteiger charge is 2.29. The van der Waals surface area contributed by atoms with Crippen LogP contribution >= 0.6 is 7.60 Å². The van der Waals surface area contributed by atoms with Gasteiger partial charge in [-0.25, -0.2) is 34.1 Å². The van der Waals surface area contributed by atoms with E-state index in [1.165, 1.54) is 26.7 Å². The van der Waals surface area contributed by atoms with Crippen LogP contribution in [0.2, 0.25) is 0 Å². The molecule has 234 valence electrons. The minimum absolute atomic E-state index is 0.242. The number of carboxylic acid groups (broad SMARTS) is 2. The Hall–Kier alpha value is -4.32. The third-order valence-electron chi connectivity index (χ3n) is 4.32. The fourth-order valence-electron chi connectivity index (χ4n) is 2.50. The van der Waals surface area contributed by atoms with Crippen LogP contribution in [0, 0.1) is 0 Å². The summed E-state index contributed by atoms with van der Waals surface area (Å²) in [6.45, 7) is 3.85. The molecule has 0 fully saturated rings. The van der Waals surface area contributed by atoms with Gasteiger partial charge < -0.3 is 44.4 Å². The molecule has 0 saturated carbocycles. The SMILES string of the molecule is CC(C)OC(=O)OCOP(=O)(CO[C@H](C)Cn1cnc2c(N)ncnc21)OCOC(=O)N(C)C.O=C(O)/C=C/C(=O)O. The zero-order valence-electron chi connectivity index (χ0n) is 23.4. The van der Waals surface area contributed by atoms with Crippen molar-refractivity contribution in [2.24, 2.45) is 0 Å². The summed E-state index contributed by atoms with van der Waals surface area (Å²) >= 11 is 0. The molecule has 19 nitrogen and oxygen atoms in total. The molecule has 0 radical (unpaired) electrons. The Morgan fingerprint density at radius 2 is 1.62 bits per heavy atom. The van der Waals surface area contributed by atoms with E-state index in [1.807, 2.05) is 0 Å². The van der Waals surface area contributed by atoms with Crippen molar-refractivity contribution in [2.45, 2.75) is 39.5 Å². The molecule has 2 heterocycles. The number of amides is 1. The van der Waals surface area contributed by atoms with Crippen LogP contribution in [0.3, 0.4) is 0 Å². The summed E-state index contributed by atoms with van der Waals surface area (Å²) in [6, 6.07) is 0. The molecule has 0 aliphatic heterocycles. The molecule has 0 aliphatic rings. The largest absolute Gasteiger partial charge is 0.510 e. The Morgan fingerprint density at radius 1 is 1.02 bits per heavy atom. The first-order valence-corrected chi connectivity index (χ1v) is 13.6. The molecule has 0 bridgehead atoms. The first-order valence-electron chi connectivity index (χ1n) is 11.9. The van der Waals surface area contributed by atoms with E-state index < -0.39 is 63.9 Å². The highest BCUT2D eigenvalue weighted by molar-refractivity contribution is 7.53. The predicted octanol–water partition coefficient (Wildman–Crippen LogP) is 1.88. The van der Waals surface area contributed by atoms with Gasteiger partial charge in [0.05, 0.1) is 25.1 Å². The second-order valence-electron chi connectivity index (χ2n) is 8.41. The lowest BCUT2D eigenvalue weighted by Gasteiger charge is -2.21. The molecule has 1 unspecified atom stereocenters. The molecular formula is C22H33N6O13P. The number of carboxylic acids is 2. The van der Waals surface area contributed by atoms with Crippen molar-refractivity contribution in [2.75, 3.05) is 39.8 Å². The van der Waals surface area contributed by atoms with Crippen LogP contribution in [0.15, 0.2) is 24.8 Å². The number of nitrogens with two attached hydrogens (primary N) is 1. The number of nitrogens with zero attached hydrogens (tertiary/aromatic N) is 5. The number of aliphatic carboxylic acids is 2. The summed E-state index contributed by atoms with van der Waals surface area (Å²) in [4.78, 5) is 55.5. The number of carbonyl (C=O) groups excluding carboxylic acids is 2. The summed E-state index contributed by atoms with van der Waals surface area (Å²) in [5, 5.41) is 15.6. The maximum atomic E-state index is 13.1. The van der Waals surface area contributed by atoms with Crippen molar-refractivity contribution in [1.29, 1.82) is 0 Å². The lowest BCUT2D eigenvalue weighted by Crippen LogP contribution is -2.24. The Bertz CT molecular complexity index is 1270. The molecule has 42 heavy (non-hydrogen) atoms. The normalized spacial score (nSPS) is 13.1. The van der Waals surface area contributed by atoms with Gasteiger partial charge in [0, 0.05) is 26.2 Å². The molecule has 2 atom stereocenters. The maximum Gasteiger partial charge on any atom is 0.510 e. The molecule has 2 rings (SSSR count). The minimum Gasteiger partial charge on any atom is -0.478 e. The summed E-state index contributed by atoms with van der Waals surface area (Å²) in [6.07, 6.45) is 0.780. The fourth-order valence-corrected chi connectivity index (χ4v) is 3.59. The van der Waals surface area contributed by atoms with E-state index in [0.29, 0.717) is 23.3 Å². The average Bonchev–Trinajstić information content (AvgIpc) is 3.30. The number of imidazole rings is 1. The zero-order chi connectivity index (χ0) is 31.9. The first kappa shape index (κ1) is 35.7. The number of rotatable bonds is 14. The van der Waals surface area contributed by atoms with Crippen molar-refractivity contribution in [3.8, 4) is 0 Å². The molecule has 20 heteroatoms. The van der Waals surface area contributed by atoms with Gasteiger partial charge in [0.1, 0.15) is 18.2 Å². The van der Waals surface area contributed by atoms with Crippen molar-refractivity contribution in [3.05, 3.63) is 24.8 Å². The van der Waals surface area contributed by atoms with Gasteiger partial charge >= 0.3 is 31.8 Å². The van der Waals surface area contributed by atoms with E-state index in [1.54, 1.807) is 25.3 Å². The van der Waals surface area contributed by atoms with Gasteiger partial charge in [-0.15, -0.1) is 0 Å². The summed E-state index contributed by atoms with van der Waals surface area (Å²) in [5.41, 5.74) is 6.74. The fraction of sp³-hybridized carbons (Fsp3) is 0.500. The Morgan fingerprint density at radius 3 is 2.17 bits per heavy atom. The predicted molar refractivity (Wildman–Crippen MR) is 142 cm³/mol. The average molecular weight is 621 g/mol.